The Labute approximate surface area is 658 Å². The number of esters is 4. The molecule has 0 amide bonds. The predicted octanol–water partition coefficient (Wildman–Crippen LogP) is 26.9. The third-order valence-corrected chi connectivity index (χ3v) is 23.3. The van der Waals surface area contributed by atoms with Gasteiger partial charge in [0.15, 0.2) is 12.2 Å². The zero-order chi connectivity index (χ0) is 78.6. The fourth-order valence-electron chi connectivity index (χ4n) is 13.7. The highest BCUT2D eigenvalue weighted by Crippen LogP contribution is 2.45. The van der Waals surface area contributed by atoms with Crippen LogP contribution in [0, 0.1) is 17.8 Å². The fourth-order valence-corrected chi connectivity index (χ4v) is 15.2. The first-order valence-electron chi connectivity index (χ1n) is 45.4. The molecule has 3 N–H and O–H groups in total. The molecule has 19 heteroatoms. The molecule has 636 valence electrons. The molecule has 0 radical (unpaired) electrons. The van der Waals surface area contributed by atoms with Crippen LogP contribution in [0.4, 0.5) is 0 Å². The topological polar surface area (TPSA) is 237 Å². The lowest BCUT2D eigenvalue weighted by molar-refractivity contribution is -0.161. The summed E-state index contributed by atoms with van der Waals surface area (Å²) in [4.78, 5) is 73.3. The van der Waals surface area contributed by atoms with Gasteiger partial charge in [-0.1, -0.05) is 414 Å². The molecule has 0 aromatic heterocycles. The van der Waals surface area contributed by atoms with Crippen LogP contribution in [0.25, 0.3) is 0 Å². The molecule has 0 aromatic rings. The van der Waals surface area contributed by atoms with Crippen molar-refractivity contribution in [2.24, 2.45) is 17.8 Å². The third-order valence-electron chi connectivity index (χ3n) is 21.4. The molecule has 107 heavy (non-hydrogen) atoms. The predicted molar refractivity (Wildman–Crippen MR) is 441 cm³/mol. The van der Waals surface area contributed by atoms with Gasteiger partial charge in [-0.15, -0.1) is 0 Å². The van der Waals surface area contributed by atoms with E-state index in [9.17, 15) is 43.2 Å². The van der Waals surface area contributed by atoms with Gasteiger partial charge in [0, 0.05) is 25.7 Å². The van der Waals surface area contributed by atoms with Gasteiger partial charge in [0.1, 0.15) is 19.3 Å². The van der Waals surface area contributed by atoms with Crippen LogP contribution in [0.15, 0.2) is 0 Å². The molecule has 0 saturated carbocycles. The van der Waals surface area contributed by atoms with Crippen LogP contribution in [0.3, 0.4) is 0 Å². The maximum atomic E-state index is 13.2. The van der Waals surface area contributed by atoms with E-state index in [0.717, 1.165) is 108 Å². The summed E-state index contributed by atoms with van der Waals surface area (Å²) in [6, 6.07) is 0. The summed E-state index contributed by atoms with van der Waals surface area (Å²) in [5.41, 5.74) is 0. The van der Waals surface area contributed by atoms with Gasteiger partial charge in [-0.2, -0.15) is 0 Å². The highest BCUT2D eigenvalue weighted by molar-refractivity contribution is 7.47. The van der Waals surface area contributed by atoms with Crippen molar-refractivity contribution in [2.45, 2.75) is 484 Å². The molecule has 0 saturated heterocycles. The van der Waals surface area contributed by atoms with Crippen LogP contribution >= 0.6 is 15.6 Å². The summed E-state index contributed by atoms with van der Waals surface area (Å²) in [5.74, 6) is 0.406. The number of carbonyl (C=O) groups excluding carboxylic acids is 4. The average Bonchev–Trinajstić information content (AvgIpc) is 0.901. The molecular formula is C88H172O17P2. The minimum atomic E-state index is -4.97. The van der Waals surface area contributed by atoms with Crippen LogP contribution in [0.5, 0.6) is 0 Å². The van der Waals surface area contributed by atoms with Crippen LogP contribution in [-0.2, 0) is 65.4 Å². The van der Waals surface area contributed by atoms with Gasteiger partial charge < -0.3 is 33.8 Å². The highest BCUT2D eigenvalue weighted by Gasteiger charge is 2.31. The molecule has 17 nitrogen and oxygen atoms in total. The Balaban J connectivity index is 5.27. The van der Waals surface area contributed by atoms with Gasteiger partial charge in [0.25, 0.3) is 0 Å². The number of unbranched alkanes of at least 4 members (excludes halogenated alkanes) is 52. The fraction of sp³-hybridized carbons (Fsp3) is 0.955. The van der Waals surface area contributed by atoms with Crippen LogP contribution in [0.1, 0.15) is 466 Å². The summed E-state index contributed by atoms with van der Waals surface area (Å²) in [6.45, 7) is 12.1. The van der Waals surface area contributed by atoms with Gasteiger partial charge in [-0.05, 0) is 43.4 Å². The molecule has 0 fully saturated rings. The lowest BCUT2D eigenvalue weighted by Crippen LogP contribution is -2.30. The summed E-state index contributed by atoms with van der Waals surface area (Å²) in [6.07, 6.45) is 69.1. The molecule has 0 spiro atoms. The number of rotatable bonds is 86. The first-order chi connectivity index (χ1) is 51.8. The molecule has 0 heterocycles. The Bertz CT molecular complexity index is 2060. The quantitative estimate of drug-likeness (QED) is 0.0222. The molecule has 0 aliphatic heterocycles. The maximum Gasteiger partial charge on any atom is 0.472 e. The van der Waals surface area contributed by atoms with Gasteiger partial charge >= 0.3 is 39.5 Å². The Hall–Kier alpha value is -1.94. The van der Waals surface area contributed by atoms with Gasteiger partial charge in [0.2, 0.25) is 0 Å². The molecule has 7 atom stereocenters. The van der Waals surface area contributed by atoms with E-state index >= 15 is 0 Å². The number of ether oxygens (including phenoxy) is 4. The number of phosphoric ester groups is 2. The first kappa shape index (κ1) is 105. The van der Waals surface area contributed by atoms with Crippen LogP contribution in [-0.4, -0.2) is 96.7 Å². The average molecular weight is 1560 g/mol. The van der Waals surface area contributed by atoms with Crippen molar-refractivity contribution >= 4 is 39.5 Å². The number of aliphatic hydroxyl groups excluding tert-OH is 1. The zero-order valence-electron chi connectivity index (χ0n) is 70.6. The molecule has 0 bridgehead atoms. The second-order valence-electron chi connectivity index (χ2n) is 32.6. The largest absolute Gasteiger partial charge is 0.472 e. The monoisotopic (exact) mass is 1560 g/mol. The number of hydrogen-bond donors (Lipinski definition) is 3. The molecule has 0 aliphatic carbocycles. The van der Waals surface area contributed by atoms with E-state index in [0.29, 0.717) is 25.7 Å². The Morgan fingerprint density at radius 3 is 0.710 bits per heavy atom. The van der Waals surface area contributed by atoms with E-state index in [2.05, 4.69) is 48.5 Å². The van der Waals surface area contributed by atoms with Crippen molar-refractivity contribution in [1.29, 1.82) is 0 Å². The summed E-state index contributed by atoms with van der Waals surface area (Å²) in [7, 11) is -9.93. The van der Waals surface area contributed by atoms with Gasteiger partial charge in [-0.25, -0.2) is 9.13 Å². The van der Waals surface area contributed by atoms with Crippen molar-refractivity contribution < 1.29 is 80.2 Å². The third kappa shape index (κ3) is 79.1. The number of phosphoric acid groups is 2. The highest BCUT2D eigenvalue weighted by atomic mass is 31.2. The maximum absolute atomic E-state index is 13.2. The van der Waals surface area contributed by atoms with Crippen molar-refractivity contribution in [3.63, 3.8) is 0 Å². The van der Waals surface area contributed by atoms with E-state index in [1.165, 1.54) is 276 Å². The Morgan fingerprint density at radius 1 is 0.271 bits per heavy atom. The van der Waals surface area contributed by atoms with Gasteiger partial charge in [0.05, 0.1) is 26.4 Å². The van der Waals surface area contributed by atoms with E-state index in [1.54, 1.807) is 0 Å². The van der Waals surface area contributed by atoms with Crippen molar-refractivity contribution in [3.05, 3.63) is 0 Å². The van der Waals surface area contributed by atoms with Crippen LogP contribution < -0.4 is 0 Å². The van der Waals surface area contributed by atoms with E-state index in [4.69, 9.17) is 37.0 Å². The van der Waals surface area contributed by atoms with Crippen molar-refractivity contribution in [1.82, 2.24) is 0 Å². The smallest absolute Gasteiger partial charge is 0.462 e. The minimum absolute atomic E-state index is 0.108. The lowest BCUT2D eigenvalue weighted by Gasteiger charge is -2.21. The van der Waals surface area contributed by atoms with Gasteiger partial charge in [-0.3, -0.25) is 37.3 Å². The van der Waals surface area contributed by atoms with Crippen molar-refractivity contribution in [2.75, 3.05) is 39.6 Å². The van der Waals surface area contributed by atoms with Crippen molar-refractivity contribution in [3.8, 4) is 0 Å². The molecular weight excluding hydrogens is 1390 g/mol. The first-order valence-corrected chi connectivity index (χ1v) is 48.4. The minimum Gasteiger partial charge on any atom is -0.462 e. The second-order valence-corrected chi connectivity index (χ2v) is 35.5. The zero-order valence-corrected chi connectivity index (χ0v) is 72.4. The molecule has 0 rings (SSSR count). The number of aliphatic hydroxyl groups is 1. The summed E-state index contributed by atoms with van der Waals surface area (Å²) >= 11 is 0. The Kier molecular flexibility index (Phi) is 76.6. The number of carbonyl (C=O) groups is 4. The molecule has 0 aliphatic rings. The normalized spacial score (nSPS) is 14.3. The number of hydrogen-bond acceptors (Lipinski definition) is 15. The van der Waals surface area contributed by atoms with E-state index < -0.39 is 97.5 Å². The van der Waals surface area contributed by atoms with Crippen LogP contribution in [0.2, 0.25) is 0 Å². The van der Waals surface area contributed by atoms with E-state index in [1.807, 2.05) is 0 Å². The standard InChI is InChI=1S/C88H172O17P2/c1-8-11-12-13-14-15-16-34-41-48-55-62-69-85(90)98-75-83(104-88(93)72-65-58-51-44-37-30-24-22-27-33-40-47-54-61-68-81(7)10-3)77-102-106(94,95)100-73-82(89)74-101-107(96,97)103-78-84(76-99-86(91)70-63-56-49-42-35-28-23-21-26-32-39-46-53-60-67-80(6)9-2)105-87(92)71-64-57-50-43-36-29-20-18-17-19-25-31-38-45-52-59-66-79(4)5/h79-84,89H,8-78H2,1-7H3,(H,94,95)(H,96,97)/t80?,81?,82-,83+,84+/m0/s1. The van der Waals surface area contributed by atoms with E-state index in [-0.39, 0.29) is 25.7 Å². The Morgan fingerprint density at radius 2 is 0.477 bits per heavy atom. The molecule has 0 aromatic carbocycles. The lowest BCUT2D eigenvalue weighted by atomic mass is 9.99. The SMILES string of the molecule is CCCCCCCCCCCCCCC(=O)OC[C@H](COP(=O)(O)OC[C@H](O)COP(=O)(O)OC[C@@H](COC(=O)CCCCCCCCCCCCCCCCC(C)CC)OC(=O)CCCCCCCCCCCCCCCCCCC(C)C)OC(=O)CCCCCCCCCCCCCCCCC(C)CC. The second kappa shape index (κ2) is 78.0. The summed E-state index contributed by atoms with van der Waals surface area (Å²) in [5, 5.41) is 10.7. The summed E-state index contributed by atoms with van der Waals surface area (Å²) < 4.78 is 69.0. The molecule has 4 unspecified atom stereocenters.